The van der Waals surface area contributed by atoms with Gasteiger partial charge in [0.05, 0.1) is 19.3 Å². The van der Waals surface area contributed by atoms with E-state index < -0.39 is 0 Å². The van der Waals surface area contributed by atoms with E-state index in [0.717, 1.165) is 38.6 Å². The van der Waals surface area contributed by atoms with Crippen LogP contribution >= 0.6 is 34.2 Å². The Balaban J connectivity index is 2.55. The fourth-order valence-electron chi connectivity index (χ4n) is 2.39. The SMILES string of the molecule is CCCn1ncc(OC)c1C(NC)c1cc(Cl)ccc1I. The lowest BCUT2D eigenvalue weighted by Crippen LogP contribution is -2.23. The molecular weight excluding hydrogens is 401 g/mol. The Kier molecular flexibility index (Phi) is 5.89. The van der Waals surface area contributed by atoms with Gasteiger partial charge in [0, 0.05) is 15.1 Å². The number of aryl methyl sites for hydroxylation is 1. The zero-order chi connectivity index (χ0) is 15.4. The maximum absolute atomic E-state index is 6.17. The molecular formula is C15H19ClIN3O. The van der Waals surface area contributed by atoms with Crippen LogP contribution in [0, 0.1) is 3.57 Å². The first-order chi connectivity index (χ1) is 10.1. The summed E-state index contributed by atoms with van der Waals surface area (Å²) in [4.78, 5) is 0. The van der Waals surface area contributed by atoms with Crippen LogP contribution in [0.25, 0.3) is 0 Å². The van der Waals surface area contributed by atoms with Gasteiger partial charge in [0.25, 0.3) is 0 Å². The third-order valence-electron chi connectivity index (χ3n) is 3.33. The van der Waals surface area contributed by atoms with Gasteiger partial charge < -0.3 is 10.1 Å². The van der Waals surface area contributed by atoms with E-state index in [1.807, 2.05) is 29.9 Å². The van der Waals surface area contributed by atoms with Gasteiger partial charge in [-0.3, -0.25) is 4.68 Å². The van der Waals surface area contributed by atoms with Gasteiger partial charge in [0.1, 0.15) is 5.69 Å². The third-order valence-corrected chi connectivity index (χ3v) is 4.55. The van der Waals surface area contributed by atoms with E-state index >= 15 is 0 Å². The fraction of sp³-hybridized carbons (Fsp3) is 0.400. The summed E-state index contributed by atoms with van der Waals surface area (Å²) < 4.78 is 8.64. The van der Waals surface area contributed by atoms with Crippen LogP contribution in [0.4, 0.5) is 0 Å². The maximum Gasteiger partial charge on any atom is 0.161 e. The Morgan fingerprint density at radius 2 is 2.24 bits per heavy atom. The molecule has 114 valence electrons. The largest absolute Gasteiger partial charge is 0.493 e. The normalized spacial score (nSPS) is 12.4. The van der Waals surface area contributed by atoms with E-state index in [4.69, 9.17) is 16.3 Å². The molecule has 1 unspecified atom stereocenters. The van der Waals surface area contributed by atoms with E-state index in [9.17, 15) is 0 Å². The molecule has 0 radical (unpaired) electrons. The predicted octanol–water partition coefficient (Wildman–Crippen LogP) is 3.87. The molecule has 4 nitrogen and oxygen atoms in total. The summed E-state index contributed by atoms with van der Waals surface area (Å²) in [7, 11) is 3.61. The lowest BCUT2D eigenvalue weighted by atomic mass is 10.0. The Morgan fingerprint density at radius 3 is 2.86 bits per heavy atom. The maximum atomic E-state index is 6.17. The molecule has 0 aliphatic rings. The van der Waals surface area contributed by atoms with Gasteiger partial charge in [0.15, 0.2) is 5.75 Å². The molecule has 0 spiro atoms. The Bertz CT molecular complexity index is 615. The number of hydrogen-bond donors (Lipinski definition) is 1. The minimum atomic E-state index is -0.0143. The Hall–Kier alpha value is -0.790. The number of benzene rings is 1. The fourth-order valence-corrected chi connectivity index (χ4v) is 3.22. The number of nitrogens with one attached hydrogen (secondary N) is 1. The molecule has 2 aromatic rings. The molecule has 21 heavy (non-hydrogen) atoms. The van der Waals surface area contributed by atoms with Gasteiger partial charge in [-0.25, -0.2) is 0 Å². The van der Waals surface area contributed by atoms with Crippen LogP contribution in [-0.2, 0) is 6.54 Å². The van der Waals surface area contributed by atoms with E-state index in [0.29, 0.717) is 0 Å². The molecule has 0 saturated carbocycles. The van der Waals surface area contributed by atoms with Crippen molar-refractivity contribution < 1.29 is 4.74 Å². The van der Waals surface area contributed by atoms with Gasteiger partial charge in [-0.15, -0.1) is 0 Å². The molecule has 0 bridgehead atoms. The lowest BCUT2D eigenvalue weighted by molar-refractivity contribution is 0.400. The van der Waals surface area contributed by atoms with Gasteiger partial charge in [-0.05, 0) is 59.8 Å². The summed E-state index contributed by atoms with van der Waals surface area (Å²) in [5.41, 5.74) is 2.16. The zero-order valence-electron chi connectivity index (χ0n) is 12.4. The topological polar surface area (TPSA) is 39.1 Å². The van der Waals surface area contributed by atoms with Crippen molar-refractivity contribution in [2.24, 2.45) is 0 Å². The van der Waals surface area contributed by atoms with Crippen molar-refractivity contribution in [2.75, 3.05) is 14.2 Å². The molecule has 0 amide bonds. The smallest absolute Gasteiger partial charge is 0.161 e. The molecule has 6 heteroatoms. The van der Waals surface area contributed by atoms with Crippen LogP contribution in [0.1, 0.15) is 30.6 Å². The second-order valence-corrected chi connectivity index (χ2v) is 6.31. The average molecular weight is 420 g/mol. The number of methoxy groups -OCH3 is 1. The lowest BCUT2D eigenvalue weighted by Gasteiger charge is -2.21. The van der Waals surface area contributed by atoms with Crippen molar-refractivity contribution in [2.45, 2.75) is 25.9 Å². The van der Waals surface area contributed by atoms with Crippen molar-refractivity contribution in [3.8, 4) is 5.75 Å². The first-order valence-electron chi connectivity index (χ1n) is 6.84. The van der Waals surface area contributed by atoms with Crippen LogP contribution in [0.3, 0.4) is 0 Å². The summed E-state index contributed by atoms with van der Waals surface area (Å²) in [6.07, 6.45) is 2.79. The summed E-state index contributed by atoms with van der Waals surface area (Å²) >= 11 is 8.50. The molecule has 1 aromatic heterocycles. The number of halogens is 2. The first kappa shape index (κ1) is 16.6. The Labute approximate surface area is 144 Å². The van der Waals surface area contributed by atoms with Crippen LogP contribution in [0.5, 0.6) is 5.75 Å². The van der Waals surface area contributed by atoms with Crippen LogP contribution in [0.2, 0.25) is 5.02 Å². The Morgan fingerprint density at radius 1 is 1.48 bits per heavy atom. The molecule has 0 aliphatic carbocycles. The molecule has 1 atom stereocenters. The van der Waals surface area contributed by atoms with Crippen LogP contribution in [-0.4, -0.2) is 23.9 Å². The molecule has 1 aromatic carbocycles. The van der Waals surface area contributed by atoms with Crippen molar-refractivity contribution in [3.05, 3.63) is 44.2 Å². The second kappa shape index (κ2) is 7.47. The summed E-state index contributed by atoms with van der Waals surface area (Å²) in [6, 6.07) is 5.91. The van der Waals surface area contributed by atoms with Gasteiger partial charge in [-0.1, -0.05) is 18.5 Å². The number of hydrogen-bond acceptors (Lipinski definition) is 3. The second-order valence-electron chi connectivity index (χ2n) is 4.71. The highest BCUT2D eigenvalue weighted by atomic mass is 127. The standard InChI is InChI=1S/C15H19ClIN3O/c1-4-7-20-15(13(21-3)9-19-20)14(18-2)11-8-10(16)5-6-12(11)17/h5-6,8-9,14,18H,4,7H2,1-3H3. The molecule has 1 N–H and O–H groups in total. The minimum absolute atomic E-state index is 0.0143. The minimum Gasteiger partial charge on any atom is -0.493 e. The van der Waals surface area contributed by atoms with Crippen molar-refractivity contribution in [1.29, 1.82) is 0 Å². The molecule has 0 fully saturated rings. The molecule has 1 heterocycles. The van der Waals surface area contributed by atoms with Gasteiger partial charge >= 0.3 is 0 Å². The average Bonchev–Trinajstić information content (AvgIpc) is 2.87. The van der Waals surface area contributed by atoms with E-state index in [1.165, 1.54) is 0 Å². The van der Waals surface area contributed by atoms with E-state index in [1.54, 1.807) is 13.3 Å². The highest BCUT2D eigenvalue weighted by Gasteiger charge is 2.24. The molecule has 0 aliphatic heterocycles. The van der Waals surface area contributed by atoms with E-state index in [-0.39, 0.29) is 6.04 Å². The number of ether oxygens (including phenoxy) is 1. The monoisotopic (exact) mass is 419 g/mol. The van der Waals surface area contributed by atoms with Crippen molar-refractivity contribution in [3.63, 3.8) is 0 Å². The number of rotatable bonds is 6. The highest BCUT2D eigenvalue weighted by Crippen LogP contribution is 2.33. The highest BCUT2D eigenvalue weighted by molar-refractivity contribution is 14.1. The zero-order valence-corrected chi connectivity index (χ0v) is 15.3. The predicted molar refractivity (Wildman–Crippen MR) is 94.1 cm³/mol. The quantitative estimate of drug-likeness (QED) is 0.723. The first-order valence-corrected chi connectivity index (χ1v) is 8.29. The molecule has 2 rings (SSSR count). The van der Waals surface area contributed by atoms with Crippen LogP contribution in [0.15, 0.2) is 24.4 Å². The van der Waals surface area contributed by atoms with Crippen LogP contribution < -0.4 is 10.1 Å². The molecule has 0 saturated heterocycles. The number of nitrogens with zero attached hydrogens (tertiary/aromatic N) is 2. The third kappa shape index (κ3) is 3.52. The van der Waals surface area contributed by atoms with Gasteiger partial charge in [0.2, 0.25) is 0 Å². The summed E-state index contributed by atoms with van der Waals surface area (Å²) in [6.45, 7) is 2.99. The van der Waals surface area contributed by atoms with Crippen molar-refractivity contribution in [1.82, 2.24) is 15.1 Å². The van der Waals surface area contributed by atoms with E-state index in [2.05, 4.69) is 39.9 Å². The van der Waals surface area contributed by atoms with Crippen molar-refractivity contribution >= 4 is 34.2 Å². The summed E-state index contributed by atoms with van der Waals surface area (Å²) in [5, 5.41) is 8.53. The number of aromatic nitrogens is 2. The summed E-state index contributed by atoms with van der Waals surface area (Å²) in [5.74, 6) is 0.790. The van der Waals surface area contributed by atoms with Gasteiger partial charge in [-0.2, -0.15) is 5.10 Å².